The fraction of sp³-hybridized carbons (Fsp3) is 0.833. The second kappa shape index (κ2) is 6.00. The number of aliphatic imine (C=N–C) groups is 1. The Hall–Kier alpha value is -1.10. The van der Waals surface area contributed by atoms with Crippen LogP contribution >= 0.6 is 0 Å². The summed E-state index contributed by atoms with van der Waals surface area (Å²) in [5.74, 6) is 0.995. The first kappa shape index (κ1) is 14.0. The maximum atomic E-state index is 11.8. The van der Waals surface area contributed by atoms with Crippen molar-refractivity contribution in [2.24, 2.45) is 16.1 Å². The fourth-order valence-corrected chi connectivity index (χ4v) is 1.73. The molecule has 4 N–H and O–H groups in total. The number of hydrogen-bond acceptors (Lipinski definition) is 5. The monoisotopic (exact) mass is 240 g/mol. The molecule has 0 spiro atoms. The second-order valence-electron chi connectivity index (χ2n) is 5.45. The Balaban J connectivity index is 2.15. The van der Waals surface area contributed by atoms with E-state index >= 15 is 0 Å². The molecule has 1 atom stereocenters. The minimum atomic E-state index is -0.352. The normalized spacial score (nSPS) is 17.3. The van der Waals surface area contributed by atoms with E-state index < -0.39 is 0 Å². The third kappa shape index (κ3) is 4.73. The zero-order valence-corrected chi connectivity index (χ0v) is 11.0. The molecule has 98 valence electrons. The number of nitrogens with zero attached hydrogens (tertiary/aromatic N) is 1. The van der Waals surface area contributed by atoms with Gasteiger partial charge in [-0.1, -0.05) is 20.8 Å². The summed E-state index contributed by atoms with van der Waals surface area (Å²) in [6, 6.07) is -0.352. The lowest BCUT2D eigenvalue weighted by Gasteiger charge is -2.21. The lowest BCUT2D eigenvalue weighted by Crippen LogP contribution is -2.40. The molecule has 5 heteroatoms. The number of nitrogens with two attached hydrogens (primary N) is 1. The SMILES string of the molecule is CC(C)(C)C(=O)[C@H](N)CCCNC1=NCCN1. The van der Waals surface area contributed by atoms with Crippen LogP contribution in [0.25, 0.3) is 0 Å². The van der Waals surface area contributed by atoms with E-state index in [4.69, 9.17) is 5.73 Å². The molecule has 0 saturated heterocycles. The molecule has 1 rings (SSSR count). The van der Waals surface area contributed by atoms with Crippen molar-refractivity contribution in [2.75, 3.05) is 19.6 Å². The standard InChI is InChI=1S/C12H24N4O/c1-12(2,3)10(17)9(13)5-4-6-14-11-15-7-8-16-11/h9H,4-8,13H2,1-3H3,(H2,14,15,16)/t9-/m1/s1. The van der Waals surface area contributed by atoms with Crippen molar-refractivity contribution in [3.05, 3.63) is 0 Å². The van der Waals surface area contributed by atoms with Gasteiger partial charge in [0, 0.05) is 18.5 Å². The lowest BCUT2D eigenvalue weighted by atomic mass is 9.85. The summed E-state index contributed by atoms with van der Waals surface area (Å²) in [6.07, 6.45) is 1.60. The van der Waals surface area contributed by atoms with Crippen molar-refractivity contribution >= 4 is 11.7 Å². The minimum Gasteiger partial charge on any atom is -0.356 e. The molecule has 0 aromatic heterocycles. The molecule has 1 aliphatic rings. The van der Waals surface area contributed by atoms with E-state index in [1.165, 1.54) is 0 Å². The predicted molar refractivity (Wildman–Crippen MR) is 70.0 cm³/mol. The van der Waals surface area contributed by atoms with Crippen LogP contribution in [0, 0.1) is 5.41 Å². The second-order valence-corrected chi connectivity index (χ2v) is 5.45. The van der Waals surface area contributed by atoms with E-state index in [-0.39, 0.29) is 17.2 Å². The van der Waals surface area contributed by atoms with E-state index in [0.717, 1.165) is 38.4 Å². The van der Waals surface area contributed by atoms with Crippen molar-refractivity contribution in [2.45, 2.75) is 39.7 Å². The minimum absolute atomic E-state index is 0.133. The number of carbonyl (C=O) groups is 1. The number of carbonyl (C=O) groups excluding carboxylic acids is 1. The zero-order chi connectivity index (χ0) is 12.9. The highest BCUT2D eigenvalue weighted by molar-refractivity contribution is 5.88. The first-order valence-corrected chi connectivity index (χ1v) is 6.23. The summed E-state index contributed by atoms with van der Waals surface area (Å²) < 4.78 is 0. The fourth-order valence-electron chi connectivity index (χ4n) is 1.73. The van der Waals surface area contributed by atoms with Crippen LogP contribution in [0.5, 0.6) is 0 Å². The van der Waals surface area contributed by atoms with Crippen LogP contribution in [0.3, 0.4) is 0 Å². The summed E-state index contributed by atoms with van der Waals surface area (Å²) in [5, 5.41) is 6.32. The molecule has 0 unspecified atom stereocenters. The van der Waals surface area contributed by atoms with Gasteiger partial charge in [0.2, 0.25) is 0 Å². The van der Waals surface area contributed by atoms with Gasteiger partial charge in [-0.25, -0.2) is 0 Å². The van der Waals surface area contributed by atoms with Gasteiger partial charge in [-0.2, -0.15) is 0 Å². The molecule has 0 aliphatic carbocycles. The maximum Gasteiger partial charge on any atom is 0.191 e. The average Bonchev–Trinajstić information content (AvgIpc) is 2.74. The van der Waals surface area contributed by atoms with Gasteiger partial charge in [0.15, 0.2) is 11.7 Å². The lowest BCUT2D eigenvalue weighted by molar-refractivity contribution is -0.127. The number of hydrogen-bond donors (Lipinski definition) is 3. The molecule has 0 amide bonds. The Bertz CT molecular complexity index is 293. The molecule has 0 radical (unpaired) electrons. The van der Waals surface area contributed by atoms with E-state index in [9.17, 15) is 4.79 Å². The Labute approximate surface area is 103 Å². The number of Topliss-reactive ketones (excluding diaryl/α,β-unsaturated/α-hetero) is 1. The number of rotatable bonds is 5. The molecular weight excluding hydrogens is 216 g/mol. The smallest absolute Gasteiger partial charge is 0.191 e. The molecule has 1 aliphatic heterocycles. The van der Waals surface area contributed by atoms with Gasteiger partial charge in [0.1, 0.15) is 0 Å². The van der Waals surface area contributed by atoms with E-state index in [2.05, 4.69) is 15.6 Å². The third-order valence-electron chi connectivity index (χ3n) is 2.73. The summed E-state index contributed by atoms with van der Waals surface area (Å²) in [6.45, 7) is 8.27. The van der Waals surface area contributed by atoms with Crippen molar-refractivity contribution in [1.82, 2.24) is 10.6 Å². The highest BCUT2D eigenvalue weighted by atomic mass is 16.1. The maximum absolute atomic E-state index is 11.8. The molecule has 0 fully saturated rings. The van der Waals surface area contributed by atoms with Gasteiger partial charge in [0.05, 0.1) is 12.6 Å². The summed E-state index contributed by atoms with van der Waals surface area (Å²) in [7, 11) is 0. The Morgan fingerprint density at radius 3 is 2.82 bits per heavy atom. The number of ketones is 1. The first-order valence-electron chi connectivity index (χ1n) is 6.23. The first-order chi connectivity index (χ1) is 7.91. The molecule has 1 heterocycles. The van der Waals surface area contributed by atoms with Gasteiger partial charge < -0.3 is 16.4 Å². The van der Waals surface area contributed by atoms with Crippen LogP contribution in [0.2, 0.25) is 0 Å². The molecule has 0 bridgehead atoms. The average molecular weight is 240 g/mol. The Kier molecular flexibility index (Phi) is 4.93. The van der Waals surface area contributed by atoms with Gasteiger partial charge in [-0.05, 0) is 12.8 Å². The van der Waals surface area contributed by atoms with Crippen LogP contribution in [0.15, 0.2) is 4.99 Å². The van der Waals surface area contributed by atoms with Crippen molar-refractivity contribution < 1.29 is 4.79 Å². The third-order valence-corrected chi connectivity index (χ3v) is 2.73. The van der Waals surface area contributed by atoms with Crippen LogP contribution in [0.1, 0.15) is 33.6 Å². The predicted octanol–water partition coefficient (Wildman–Crippen LogP) is 0.258. The van der Waals surface area contributed by atoms with E-state index in [1.807, 2.05) is 20.8 Å². The summed E-state index contributed by atoms with van der Waals surface area (Å²) in [4.78, 5) is 16.1. The van der Waals surface area contributed by atoms with Crippen LogP contribution < -0.4 is 16.4 Å². The van der Waals surface area contributed by atoms with Crippen molar-refractivity contribution in [3.8, 4) is 0 Å². The van der Waals surface area contributed by atoms with Gasteiger partial charge >= 0.3 is 0 Å². The topological polar surface area (TPSA) is 79.5 Å². The highest BCUT2D eigenvalue weighted by Crippen LogP contribution is 2.17. The van der Waals surface area contributed by atoms with Crippen LogP contribution in [0.4, 0.5) is 0 Å². The summed E-state index contributed by atoms with van der Waals surface area (Å²) in [5.41, 5.74) is 5.53. The van der Waals surface area contributed by atoms with Crippen LogP contribution in [-0.4, -0.2) is 37.4 Å². The molecule has 0 saturated carbocycles. The molecular formula is C12H24N4O. The molecule has 17 heavy (non-hydrogen) atoms. The van der Waals surface area contributed by atoms with Gasteiger partial charge in [0.25, 0.3) is 0 Å². The molecule has 5 nitrogen and oxygen atoms in total. The van der Waals surface area contributed by atoms with Crippen LogP contribution in [-0.2, 0) is 4.79 Å². The number of guanidine groups is 1. The van der Waals surface area contributed by atoms with E-state index in [1.54, 1.807) is 0 Å². The van der Waals surface area contributed by atoms with Crippen molar-refractivity contribution in [3.63, 3.8) is 0 Å². The van der Waals surface area contributed by atoms with Gasteiger partial charge in [-0.15, -0.1) is 0 Å². The largest absolute Gasteiger partial charge is 0.356 e. The molecule has 0 aromatic rings. The highest BCUT2D eigenvalue weighted by Gasteiger charge is 2.26. The van der Waals surface area contributed by atoms with Crippen molar-refractivity contribution in [1.29, 1.82) is 0 Å². The Morgan fingerprint density at radius 1 is 1.59 bits per heavy atom. The number of nitrogens with one attached hydrogen (secondary N) is 2. The summed E-state index contributed by atoms with van der Waals surface area (Å²) >= 11 is 0. The molecule has 0 aromatic carbocycles. The van der Waals surface area contributed by atoms with E-state index in [0.29, 0.717) is 0 Å². The zero-order valence-electron chi connectivity index (χ0n) is 11.0. The quantitative estimate of drug-likeness (QED) is 0.602. The Morgan fingerprint density at radius 2 is 2.29 bits per heavy atom. The van der Waals surface area contributed by atoms with Gasteiger partial charge in [-0.3, -0.25) is 9.79 Å².